The number of hydrogen-bond acceptors (Lipinski definition) is 5. The van der Waals surface area contributed by atoms with E-state index in [1.807, 2.05) is 24.3 Å². The van der Waals surface area contributed by atoms with Crippen LogP contribution in [0.25, 0.3) is 11.0 Å². The van der Waals surface area contributed by atoms with E-state index in [-0.39, 0.29) is 11.8 Å². The van der Waals surface area contributed by atoms with Crippen LogP contribution in [0.3, 0.4) is 0 Å². The minimum absolute atomic E-state index is 0.171. The Hall–Kier alpha value is -1.50. The molecule has 1 aromatic heterocycles. The summed E-state index contributed by atoms with van der Waals surface area (Å²) in [5, 5.41) is 0.948. The van der Waals surface area contributed by atoms with Gasteiger partial charge in [-0.2, -0.15) is 11.8 Å². The lowest BCUT2D eigenvalue weighted by atomic mass is 10.1. The fourth-order valence-electron chi connectivity index (χ4n) is 1.92. The Kier molecular flexibility index (Phi) is 5.05. The van der Waals surface area contributed by atoms with Crippen molar-refractivity contribution in [3.8, 4) is 0 Å². The van der Waals surface area contributed by atoms with Crippen LogP contribution in [0.4, 0.5) is 0 Å². The summed E-state index contributed by atoms with van der Waals surface area (Å²) in [6.07, 6.45) is 0.940. The third kappa shape index (κ3) is 3.15. The third-order valence-electron chi connectivity index (χ3n) is 3.14. The lowest BCUT2D eigenvalue weighted by Crippen LogP contribution is -2.30. The lowest BCUT2D eigenvalue weighted by Gasteiger charge is -2.08. The molecule has 1 heterocycles. The Morgan fingerprint density at radius 2 is 2.20 bits per heavy atom. The molecule has 0 saturated carbocycles. The van der Waals surface area contributed by atoms with Crippen molar-refractivity contribution in [2.45, 2.75) is 25.1 Å². The molecule has 0 aliphatic heterocycles. The SMILES string of the molecule is CCC(N)CSCc1c(C(=O)NN)oc2ccccc12. The van der Waals surface area contributed by atoms with Crippen LogP contribution in [0.15, 0.2) is 28.7 Å². The Morgan fingerprint density at radius 3 is 2.90 bits per heavy atom. The standard InChI is InChI=1S/C14H19N3O2S/c1-2-9(15)7-20-8-11-10-5-3-4-6-12(10)19-13(11)14(18)17-16/h3-6,9H,2,7-8,15-16H2,1H3,(H,17,18). The van der Waals surface area contributed by atoms with Crippen molar-refractivity contribution >= 4 is 28.6 Å². The second-order valence-corrected chi connectivity index (χ2v) is 5.59. The van der Waals surface area contributed by atoms with Crippen molar-refractivity contribution < 1.29 is 9.21 Å². The Balaban J connectivity index is 2.26. The average molecular weight is 293 g/mol. The highest BCUT2D eigenvalue weighted by molar-refractivity contribution is 7.98. The van der Waals surface area contributed by atoms with Crippen LogP contribution in [0, 0.1) is 0 Å². The number of nitrogens with one attached hydrogen (secondary N) is 1. The van der Waals surface area contributed by atoms with E-state index in [0.29, 0.717) is 11.3 Å². The molecule has 0 bridgehead atoms. The van der Waals surface area contributed by atoms with Gasteiger partial charge in [0, 0.05) is 28.5 Å². The first kappa shape index (κ1) is 14.9. The molecular weight excluding hydrogens is 274 g/mol. The van der Waals surface area contributed by atoms with Gasteiger partial charge in [-0.3, -0.25) is 10.2 Å². The number of para-hydroxylation sites is 1. The highest BCUT2D eigenvalue weighted by Crippen LogP contribution is 2.29. The molecule has 0 radical (unpaired) electrons. The van der Waals surface area contributed by atoms with Crippen LogP contribution in [-0.2, 0) is 5.75 Å². The number of amides is 1. The first-order valence-electron chi connectivity index (χ1n) is 6.52. The van der Waals surface area contributed by atoms with Gasteiger partial charge in [0.1, 0.15) is 5.58 Å². The second kappa shape index (κ2) is 6.78. The normalized spacial score (nSPS) is 12.6. The van der Waals surface area contributed by atoms with Gasteiger partial charge in [0.25, 0.3) is 0 Å². The number of hydrazine groups is 1. The predicted molar refractivity (Wildman–Crippen MR) is 82.3 cm³/mol. The quantitative estimate of drug-likeness (QED) is 0.430. The fourth-order valence-corrected chi connectivity index (χ4v) is 3.07. The van der Waals surface area contributed by atoms with Gasteiger partial charge in [-0.1, -0.05) is 25.1 Å². The molecule has 1 aromatic carbocycles. The summed E-state index contributed by atoms with van der Waals surface area (Å²) in [5.74, 6) is 6.61. The molecule has 2 aromatic rings. The van der Waals surface area contributed by atoms with Gasteiger partial charge in [-0.15, -0.1) is 0 Å². The van der Waals surface area contributed by atoms with Crippen molar-refractivity contribution in [3.05, 3.63) is 35.6 Å². The topological polar surface area (TPSA) is 94.3 Å². The van der Waals surface area contributed by atoms with Gasteiger partial charge in [0.2, 0.25) is 0 Å². The van der Waals surface area contributed by atoms with Crippen LogP contribution in [0.2, 0.25) is 0 Å². The molecule has 5 nitrogen and oxygen atoms in total. The zero-order chi connectivity index (χ0) is 14.5. The molecule has 1 unspecified atom stereocenters. The molecule has 20 heavy (non-hydrogen) atoms. The molecule has 5 N–H and O–H groups in total. The number of nitrogens with two attached hydrogens (primary N) is 2. The largest absolute Gasteiger partial charge is 0.451 e. The third-order valence-corrected chi connectivity index (χ3v) is 4.29. The van der Waals surface area contributed by atoms with Gasteiger partial charge in [-0.05, 0) is 12.5 Å². The van der Waals surface area contributed by atoms with E-state index < -0.39 is 5.91 Å². The predicted octanol–water partition coefficient (Wildman–Crippen LogP) is 2.01. The number of carbonyl (C=O) groups is 1. The summed E-state index contributed by atoms with van der Waals surface area (Å²) >= 11 is 1.69. The van der Waals surface area contributed by atoms with Crippen molar-refractivity contribution in [3.63, 3.8) is 0 Å². The zero-order valence-electron chi connectivity index (χ0n) is 11.4. The minimum Gasteiger partial charge on any atom is -0.451 e. The van der Waals surface area contributed by atoms with Crippen LogP contribution < -0.4 is 17.0 Å². The number of furan rings is 1. The van der Waals surface area contributed by atoms with Crippen molar-refractivity contribution in [1.82, 2.24) is 5.43 Å². The van der Waals surface area contributed by atoms with E-state index in [9.17, 15) is 4.79 Å². The van der Waals surface area contributed by atoms with E-state index in [2.05, 4.69) is 12.3 Å². The molecule has 0 aliphatic carbocycles. The number of thioether (sulfide) groups is 1. The first-order chi connectivity index (χ1) is 9.67. The Morgan fingerprint density at radius 1 is 1.45 bits per heavy atom. The van der Waals surface area contributed by atoms with Crippen LogP contribution in [0.1, 0.15) is 29.5 Å². The molecular formula is C14H19N3O2S. The lowest BCUT2D eigenvalue weighted by molar-refractivity contribution is 0.0927. The molecule has 6 heteroatoms. The van der Waals surface area contributed by atoms with E-state index >= 15 is 0 Å². The van der Waals surface area contributed by atoms with Crippen LogP contribution in [0.5, 0.6) is 0 Å². The van der Waals surface area contributed by atoms with Gasteiger partial charge < -0.3 is 10.2 Å². The monoisotopic (exact) mass is 293 g/mol. The summed E-state index contributed by atoms with van der Waals surface area (Å²) in [4.78, 5) is 11.8. The zero-order valence-corrected chi connectivity index (χ0v) is 12.2. The summed E-state index contributed by atoms with van der Waals surface area (Å²) in [6.45, 7) is 2.06. The van der Waals surface area contributed by atoms with E-state index in [1.54, 1.807) is 11.8 Å². The number of fused-ring (bicyclic) bond motifs is 1. The van der Waals surface area contributed by atoms with Crippen molar-refractivity contribution in [2.75, 3.05) is 5.75 Å². The molecule has 1 atom stereocenters. The number of hydrogen-bond donors (Lipinski definition) is 3. The van der Waals surface area contributed by atoms with Gasteiger partial charge in [-0.25, -0.2) is 5.84 Å². The average Bonchev–Trinajstić information content (AvgIpc) is 2.85. The summed E-state index contributed by atoms with van der Waals surface area (Å²) in [5.41, 5.74) is 9.60. The second-order valence-electron chi connectivity index (χ2n) is 4.56. The molecule has 0 saturated heterocycles. The molecule has 0 fully saturated rings. The molecule has 1 amide bonds. The highest BCUT2D eigenvalue weighted by Gasteiger charge is 2.19. The molecule has 0 aliphatic rings. The summed E-state index contributed by atoms with van der Waals surface area (Å²) < 4.78 is 5.60. The molecule has 108 valence electrons. The fraction of sp³-hybridized carbons (Fsp3) is 0.357. The number of benzene rings is 1. The highest BCUT2D eigenvalue weighted by atomic mass is 32.2. The van der Waals surface area contributed by atoms with Gasteiger partial charge >= 0.3 is 5.91 Å². The van der Waals surface area contributed by atoms with Crippen molar-refractivity contribution in [1.29, 1.82) is 0 Å². The van der Waals surface area contributed by atoms with Gasteiger partial charge in [0.05, 0.1) is 0 Å². The van der Waals surface area contributed by atoms with E-state index in [4.69, 9.17) is 16.0 Å². The molecule has 0 spiro atoms. The Labute approximate surface area is 122 Å². The maximum Gasteiger partial charge on any atom is 0.301 e. The van der Waals surface area contributed by atoms with Crippen LogP contribution >= 0.6 is 11.8 Å². The van der Waals surface area contributed by atoms with Crippen LogP contribution in [-0.4, -0.2) is 17.7 Å². The van der Waals surface area contributed by atoms with Crippen molar-refractivity contribution in [2.24, 2.45) is 11.6 Å². The number of rotatable bonds is 6. The van der Waals surface area contributed by atoms with E-state index in [0.717, 1.165) is 23.1 Å². The summed E-state index contributed by atoms with van der Waals surface area (Å²) in [7, 11) is 0. The minimum atomic E-state index is -0.406. The summed E-state index contributed by atoms with van der Waals surface area (Å²) in [6, 6.07) is 7.76. The number of carbonyl (C=O) groups excluding carboxylic acids is 1. The maximum atomic E-state index is 11.8. The Bertz CT molecular complexity index is 597. The van der Waals surface area contributed by atoms with Gasteiger partial charge in [0.15, 0.2) is 5.76 Å². The molecule has 2 rings (SSSR count). The van der Waals surface area contributed by atoms with E-state index in [1.165, 1.54) is 0 Å². The number of nitrogen functional groups attached to an aromatic ring is 1. The smallest absolute Gasteiger partial charge is 0.301 e. The maximum absolute atomic E-state index is 11.8. The first-order valence-corrected chi connectivity index (χ1v) is 7.67.